The fraction of sp³-hybridized carbons (Fsp3) is 0.500. The van der Waals surface area contributed by atoms with Crippen molar-refractivity contribution in [2.75, 3.05) is 18.0 Å². The molecule has 2 rings (SSSR count). The van der Waals surface area contributed by atoms with Gasteiger partial charge in [0.2, 0.25) is 0 Å². The molecule has 0 radical (unpaired) electrons. The van der Waals surface area contributed by atoms with E-state index < -0.39 is 5.92 Å². The van der Waals surface area contributed by atoms with Crippen LogP contribution in [-0.2, 0) is 0 Å². The van der Waals surface area contributed by atoms with E-state index in [1.165, 1.54) is 6.92 Å². The molecule has 1 aliphatic rings. The van der Waals surface area contributed by atoms with E-state index in [-0.39, 0.29) is 31.7 Å². The van der Waals surface area contributed by atoms with Crippen molar-refractivity contribution in [3.8, 4) is 0 Å². The molecule has 1 aliphatic heterocycles. The molecule has 0 atom stereocenters. The number of ketones is 1. The summed E-state index contributed by atoms with van der Waals surface area (Å²) >= 11 is 0. The zero-order valence-corrected chi connectivity index (χ0v) is 9.62. The molecular weight excluding hydrogens is 226 g/mol. The number of aromatic nitrogens is 1. The van der Waals surface area contributed by atoms with Crippen LogP contribution in [-0.4, -0.2) is 29.8 Å². The number of pyridine rings is 1. The van der Waals surface area contributed by atoms with Crippen LogP contribution in [0.1, 0.15) is 30.3 Å². The van der Waals surface area contributed by atoms with Crippen LogP contribution in [0.2, 0.25) is 0 Å². The maximum atomic E-state index is 13.0. The van der Waals surface area contributed by atoms with E-state index in [1.807, 2.05) is 0 Å². The van der Waals surface area contributed by atoms with Crippen LogP contribution in [0.5, 0.6) is 0 Å². The van der Waals surface area contributed by atoms with E-state index in [0.717, 1.165) is 0 Å². The highest BCUT2D eigenvalue weighted by molar-refractivity contribution is 5.92. The Hall–Kier alpha value is -1.52. The van der Waals surface area contributed by atoms with Crippen LogP contribution in [0, 0.1) is 0 Å². The average molecular weight is 240 g/mol. The molecular formula is C12H14F2N2O. The van der Waals surface area contributed by atoms with Gasteiger partial charge in [0, 0.05) is 32.9 Å². The number of hydrogen-bond acceptors (Lipinski definition) is 3. The molecule has 1 aromatic heterocycles. The van der Waals surface area contributed by atoms with Gasteiger partial charge in [-0.15, -0.1) is 0 Å². The third kappa shape index (κ3) is 2.78. The van der Waals surface area contributed by atoms with Crippen molar-refractivity contribution in [1.82, 2.24) is 4.98 Å². The van der Waals surface area contributed by atoms with Crippen molar-refractivity contribution in [2.45, 2.75) is 25.7 Å². The van der Waals surface area contributed by atoms with E-state index in [0.29, 0.717) is 11.5 Å². The molecule has 5 heteroatoms. The molecule has 1 fully saturated rings. The van der Waals surface area contributed by atoms with Gasteiger partial charge < -0.3 is 4.90 Å². The van der Waals surface area contributed by atoms with Crippen LogP contribution < -0.4 is 4.90 Å². The van der Waals surface area contributed by atoms with Crippen LogP contribution in [0.25, 0.3) is 0 Å². The first-order valence-corrected chi connectivity index (χ1v) is 5.59. The van der Waals surface area contributed by atoms with Crippen molar-refractivity contribution < 1.29 is 13.6 Å². The first-order chi connectivity index (χ1) is 7.98. The van der Waals surface area contributed by atoms with E-state index in [1.54, 1.807) is 23.1 Å². The summed E-state index contributed by atoms with van der Waals surface area (Å²) in [6.45, 7) is 2.00. The quantitative estimate of drug-likeness (QED) is 0.745. The van der Waals surface area contributed by atoms with Gasteiger partial charge >= 0.3 is 0 Å². The SMILES string of the molecule is CC(=O)c1cccc(N2CCC(F)(F)CC2)n1. The van der Waals surface area contributed by atoms with E-state index >= 15 is 0 Å². The fourth-order valence-electron chi connectivity index (χ4n) is 1.86. The molecule has 0 aromatic carbocycles. The smallest absolute Gasteiger partial charge is 0.251 e. The first kappa shape index (κ1) is 12.0. The zero-order chi connectivity index (χ0) is 12.5. The van der Waals surface area contributed by atoms with Gasteiger partial charge in [0.1, 0.15) is 11.5 Å². The number of piperidine rings is 1. The summed E-state index contributed by atoms with van der Waals surface area (Å²) in [6.07, 6.45) is -0.308. The van der Waals surface area contributed by atoms with E-state index in [4.69, 9.17) is 0 Å². The maximum Gasteiger partial charge on any atom is 0.251 e. The van der Waals surface area contributed by atoms with E-state index in [9.17, 15) is 13.6 Å². The summed E-state index contributed by atoms with van der Waals surface area (Å²) in [5, 5.41) is 0. The fourth-order valence-corrected chi connectivity index (χ4v) is 1.86. The Labute approximate surface area is 98.5 Å². The Morgan fingerprint density at radius 3 is 2.59 bits per heavy atom. The van der Waals surface area contributed by atoms with Crippen molar-refractivity contribution in [3.63, 3.8) is 0 Å². The highest BCUT2D eigenvalue weighted by Gasteiger charge is 2.34. The Morgan fingerprint density at radius 1 is 1.35 bits per heavy atom. The van der Waals surface area contributed by atoms with Gasteiger partial charge in [-0.05, 0) is 12.1 Å². The molecule has 0 saturated carbocycles. The summed E-state index contributed by atoms with van der Waals surface area (Å²) < 4.78 is 26.0. The third-order valence-corrected chi connectivity index (χ3v) is 2.91. The van der Waals surface area contributed by atoms with Crippen LogP contribution in [0.4, 0.5) is 14.6 Å². The normalized spacial score (nSPS) is 19.1. The number of rotatable bonds is 2. The molecule has 3 nitrogen and oxygen atoms in total. The third-order valence-electron chi connectivity index (χ3n) is 2.91. The number of anilines is 1. The average Bonchev–Trinajstić information content (AvgIpc) is 2.29. The lowest BCUT2D eigenvalue weighted by molar-refractivity contribution is -0.0221. The van der Waals surface area contributed by atoms with Gasteiger partial charge in [-0.1, -0.05) is 6.07 Å². The number of alkyl halides is 2. The second-order valence-electron chi connectivity index (χ2n) is 4.28. The van der Waals surface area contributed by atoms with Crippen LogP contribution in [0.3, 0.4) is 0 Å². The molecule has 0 aliphatic carbocycles. The molecule has 0 bridgehead atoms. The largest absolute Gasteiger partial charge is 0.356 e. The predicted molar refractivity (Wildman–Crippen MR) is 60.6 cm³/mol. The van der Waals surface area contributed by atoms with Crippen molar-refractivity contribution >= 4 is 11.6 Å². The minimum absolute atomic E-state index is 0.116. The van der Waals surface area contributed by atoms with Crippen molar-refractivity contribution in [3.05, 3.63) is 23.9 Å². The highest BCUT2D eigenvalue weighted by atomic mass is 19.3. The molecule has 0 amide bonds. The molecule has 1 aromatic rings. The van der Waals surface area contributed by atoms with Crippen molar-refractivity contribution in [1.29, 1.82) is 0 Å². The zero-order valence-electron chi connectivity index (χ0n) is 9.62. The monoisotopic (exact) mass is 240 g/mol. The molecule has 92 valence electrons. The van der Waals surface area contributed by atoms with E-state index in [2.05, 4.69) is 4.98 Å². The molecule has 2 heterocycles. The number of carbonyl (C=O) groups excluding carboxylic acids is 1. The number of nitrogens with zero attached hydrogens (tertiary/aromatic N) is 2. The summed E-state index contributed by atoms with van der Waals surface area (Å²) in [5.41, 5.74) is 0.375. The summed E-state index contributed by atoms with van der Waals surface area (Å²) in [4.78, 5) is 17.2. The summed E-state index contributed by atoms with van der Waals surface area (Å²) in [5.74, 6) is -2.07. The van der Waals surface area contributed by atoms with Gasteiger partial charge in [-0.25, -0.2) is 13.8 Å². The standard InChI is InChI=1S/C12H14F2N2O/c1-9(17)10-3-2-4-11(15-10)16-7-5-12(13,14)6-8-16/h2-4H,5-8H2,1H3. The number of halogens is 2. The Balaban J connectivity index is 2.13. The molecule has 1 saturated heterocycles. The van der Waals surface area contributed by atoms with Crippen LogP contribution >= 0.6 is 0 Å². The topological polar surface area (TPSA) is 33.2 Å². The Morgan fingerprint density at radius 2 is 2.00 bits per heavy atom. The highest BCUT2D eigenvalue weighted by Crippen LogP contribution is 2.29. The predicted octanol–water partition coefficient (Wildman–Crippen LogP) is 2.52. The summed E-state index contributed by atoms with van der Waals surface area (Å²) in [6, 6.07) is 5.10. The van der Waals surface area contributed by atoms with Gasteiger partial charge in [0.05, 0.1) is 0 Å². The first-order valence-electron chi connectivity index (χ1n) is 5.59. The van der Waals surface area contributed by atoms with Gasteiger partial charge in [-0.3, -0.25) is 4.79 Å². The Bertz CT molecular complexity index is 424. The molecule has 0 unspecified atom stereocenters. The Kier molecular flexibility index (Phi) is 3.09. The molecule has 17 heavy (non-hydrogen) atoms. The van der Waals surface area contributed by atoms with Gasteiger partial charge in [0.25, 0.3) is 5.92 Å². The minimum Gasteiger partial charge on any atom is -0.356 e. The number of hydrogen-bond donors (Lipinski definition) is 0. The lowest BCUT2D eigenvalue weighted by atomic mass is 10.1. The molecule has 0 spiro atoms. The van der Waals surface area contributed by atoms with Crippen LogP contribution in [0.15, 0.2) is 18.2 Å². The lowest BCUT2D eigenvalue weighted by Crippen LogP contribution is -2.39. The number of Topliss-reactive ketones (excluding diaryl/α,β-unsaturated/α-hetero) is 1. The summed E-state index contributed by atoms with van der Waals surface area (Å²) in [7, 11) is 0. The van der Waals surface area contributed by atoms with Gasteiger partial charge in [-0.2, -0.15) is 0 Å². The van der Waals surface area contributed by atoms with Gasteiger partial charge in [0.15, 0.2) is 5.78 Å². The molecule has 0 N–H and O–H groups in total. The number of carbonyl (C=O) groups is 1. The van der Waals surface area contributed by atoms with Crippen molar-refractivity contribution in [2.24, 2.45) is 0 Å². The second-order valence-corrected chi connectivity index (χ2v) is 4.28. The second kappa shape index (κ2) is 4.39. The minimum atomic E-state index is -2.56. The maximum absolute atomic E-state index is 13.0. The lowest BCUT2D eigenvalue weighted by Gasteiger charge is -2.32.